The van der Waals surface area contributed by atoms with Gasteiger partial charge in [-0.25, -0.2) is 0 Å². The molecule has 0 aliphatic carbocycles. The number of benzene rings is 2. The van der Waals surface area contributed by atoms with Gasteiger partial charge in [0.25, 0.3) is 5.91 Å². The van der Waals surface area contributed by atoms with Gasteiger partial charge in [0.15, 0.2) is 0 Å². The molecule has 0 saturated carbocycles. The molecule has 0 aromatic heterocycles. The molecule has 32 heavy (non-hydrogen) atoms. The summed E-state index contributed by atoms with van der Waals surface area (Å²) in [6.07, 6.45) is 5.88. The molecule has 0 N–H and O–H groups in total. The van der Waals surface area contributed by atoms with E-state index in [0.717, 1.165) is 18.7 Å². The van der Waals surface area contributed by atoms with E-state index in [9.17, 15) is 9.59 Å². The van der Waals surface area contributed by atoms with Crippen molar-refractivity contribution < 1.29 is 9.59 Å². The Bertz CT molecular complexity index is 1030. The zero-order chi connectivity index (χ0) is 22.3. The fourth-order valence-corrected chi connectivity index (χ4v) is 5.00. The molecule has 0 spiro atoms. The third kappa shape index (κ3) is 5.47. The van der Waals surface area contributed by atoms with Crippen LogP contribution in [0.1, 0.15) is 12.0 Å². The molecule has 2 heterocycles. The summed E-state index contributed by atoms with van der Waals surface area (Å²) in [5, 5.41) is 0. The molecule has 2 aliphatic rings. The molecular weight excluding hydrogens is 438 g/mol. The third-order valence-electron chi connectivity index (χ3n) is 5.51. The molecule has 2 aliphatic heterocycles. The van der Waals surface area contributed by atoms with E-state index in [1.54, 1.807) is 11.0 Å². The van der Waals surface area contributed by atoms with E-state index < -0.39 is 0 Å². The molecule has 2 saturated heterocycles. The Kier molecular flexibility index (Phi) is 7.39. The van der Waals surface area contributed by atoms with E-state index >= 15 is 0 Å². The second-order valence-electron chi connectivity index (χ2n) is 7.58. The lowest BCUT2D eigenvalue weighted by molar-refractivity contribution is -0.132. The van der Waals surface area contributed by atoms with E-state index in [1.165, 1.54) is 17.4 Å². The summed E-state index contributed by atoms with van der Waals surface area (Å²) in [6.45, 7) is 3.33. The van der Waals surface area contributed by atoms with Crippen LogP contribution in [-0.2, 0) is 9.59 Å². The highest BCUT2D eigenvalue weighted by molar-refractivity contribution is 8.26. The Balaban J connectivity index is 1.27. The third-order valence-corrected chi connectivity index (χ3v) is 6.91. The number of para-hydroxylation sites is 1. The first-order chi connectivity index (χ1) is 15.6. The fourth-order valence-electron chi connectivity index (χ4n) is 3.74. The fraction of sp³-hybridized carbons (Fsp3) is 0.240. The molecule has 2 aromatic carbocycles. The number of hydrogen-bond donors (Lipinski definition) is 0. The molecule has 0 bridgehead atoms. The minimum atomic E-state index is -0.126. The number of anilines is 1. The van der Waals surface area contributed by atoms with Crippen molar-refractivity contribution in [2.24, 2.45) is 0 Å². The monoisotopic (exact) mass is 463 g/mol. The van der Waals surface area contributed by atoms with Gasteiger partial charge in [0.1, 0.15) is 4.32 Å². The number of piperazine rings is 1. The van der Waals surface area contributed by atoms with E-state index in [2.05, 4.69) is 17.0 Å². The Morgan fingerprint density at radius 2 is 1.62 bits per heavy atom. The first-order valence-corrected chi connectivity index (χ1v) is 11.9. The summed E-state index contributed by atoms with van der Waals surface area (Å²) in [7, 11) is 0. The van der Waals surface area contributed by atoms with Crippen molar-refractivity contribution in [1.82, 2.24) is 9.80 Å². The topological polar surface area (TPSA) is 43.9 Å². The van der Waals surface area contributed by atoms with Crippen LogP contribution in [-0.4, -0.2) is 58.7 Å². The second-order valence-corrected chi connectivity index (χ2v) is 9.25. The molecule has 164 valence electrons. The number of thioether (sulfide) groups is 1. The lowest BCUT2D eigenvalue weighted by Gasteiger charge is -2.36. The number of rotatable bonds is 6. The van der Waals surface area contributed by atoms with Crippen LogP contribution in [0.2, 0.25) is 0 Å². The maximum atomic E-state index is 12.7. The number of carbonyl (C=O) groups is 2. The number of carbonyl (C=O) groups excluding carboxylic acids is 2. The van der Waals surface area contributed by atoms with Crippen LogP contribution in [0, 0.1) is 0 Å². The van der Waals surface area contributed by atoms with Crippen molar-refractivity contribution in [1.29, 1.82) is 0 Å². The van der Waals surface area contributed by atoms with Gasteiger partial charge in [-0.3, -0.25) is 14.5 Å². The molecule has 0 atom stereocenters. The molecule has 2 amide bonds. The Morgan fingerprint density at radius 3 is 2.31 bits per heavy atom. The molecule has 2 aromatic rings. The van der Waals surface area contributed by atoms with Gasteiger partial charge in [-0.15, -0.1) is 0 Å². The molecule has 7 heteroatoms. The van der Waals surface area contributed by atoms with Gasteiger partial charge in [-0.1, -0.05) is 84.7 Å². The summed E-state index contributed by atoms with van der Waals surface area (Å²) in [6, 6.07) is 20.2. The van der Waals surface area contributed by atoms with Crippen molar-refractivity contribution in [2.45, 2.75) is 6.42 Å². The van der Waals surface area contributed by atoms with Crippen molar-refractivity contribution in [2.75, 3.05) is 37.6 Å². The molecule has 0 unspecified atom stereocenters. The van der Waals surface area contributed by atoms with E-state index in [4.69, 9.17) is 12.2 Å². The van der Waals surface area contributed by atoms with Gasteiger partial charge in [0.2, 0.25) is 5.91 Å². The van der Waals surface area contributed by atoms with E-state index in [1.807, 2.05) is 65.6 Å². The standard InChI is InChI=1S/C25H25N3O2S2/c29-23(27-18-16-26(17-19-27)21-11-5-2-6-12-21)14-15-28-24(30)22(32-25(28)31)13-7-10-20-8-3-1-4-9-20/h1-13H,14-19H2. The van der Waals surface area contributed by atoms with E-state index in [0.29, 0.717) is 28.9 Å². The minimum absolute atomic E-state index is 0.0692. The largest absolute Gasteiger partial charge is 0.368 e. The lowest BCUT2D eigenvalue weighted by Crippen LogP contribution is -2.49. The maximum Gasteiger partial charge on any atom is 0.266 e. The van der Waals surface area contributed by atoms with Crippen molar-refractivity contribution >= 4 is 51.9 Å². The number of thiocarbonyl (C=S) groups is 1. The van der Waals surface area contributed by atoms with Crippen LogP contribution < -0.4 is 4.90 Å². The number of amides is 2. The molecule has 5 nitrogen and oxygen atoms in total. The summed E-state index contributed by atoms with van der Waals surface area (Å²) < 4.78 is 0.510. The van der Waals surface area contributed by atoms with E-state index in [-0.39, 0.29) is 18.2 Å². The van der Waals surface area contributed by atoms with Crippen LogP contribution in [0.15, 0.2) is 77.7 Å². The van der Waals surface area contributed by atoms with Crippen molar-refractivity contribution in [3.05, 3.63) is 83.3 Å². The first-order valence-electron chi connectivity index (χ1n) is 10.7. The van der Waals surface area contributed by atoms with Crippen LogP contribution in [0.25, 0.3) is 6.08 Å². The molecule has 0 radical (unpaired) electrons. The molecular formula is C25H25N3O2S2. The van der Waals surface area contributed by atoms with Gasteiger partial charge >= 0.3 is 0 Å². The number of allylic oxidation sites excluding steroid dienone is 2. The lowest BCUT2D eigenvalue weighted by atomic mass is 10.2. The zero-order valence-electron chi connectivity index (χ0n) is 17.7. The Labute approximate surface area is 198 Å². The predicted molar refractivity (Wildman–Crippen MR) is 135 cm³/mol. The van der Waals surface area contributed by atoms with Gasteiger partial charge < -0.3 is 9.80 Å². The van der Waals surface area contributed by atoms with Crippen molar-refractivity contribution in [3.8, 4) is 0 Å². The minimum Gasteiger partial charge on any atom is -0.368 e. The zero-order valence-corrected chi connectivity index (χ0v) is 19.4. The Morgan fingerprint density at radius 1 is 0.969 bits per heavy atom. The summed E-state index contributed by atoms with van der Waals surface area (Å²) in [5.41, 5.74) is 2.25. The van der Waals surface area contributed by atoms with Crippen LogP contribution in [0.3, 0.4) is 0 Å². The smallest absolute Gasteiger partial charge is 0.266 e. The van der Waals surface area contributed by atoms with Gasteiger partial charge in [0, 0.05) is 44.8 Å². The van der Waals surface area contributed by atoms with Gasteiger partial charge in [-0.05, 0) is 23.8 Å². The quantitative estimate of drug-likeness (QED) is 0.475. The predicted octanol–water partition coefficient (Wildman–Crippen LogP) is 4.18. The van der Waals surface area contributed by atoms with Gasteiger partial charge in [0.05, 0.1) is 4.91 Å². The highest BCUT2D eigenvalue weighted by Crippen LogP contribution is 2.31. The highest BCUT2D eigenvalue weighted by Gasteiger charge is 2.32. The van der Waals surface area contributed by atoms with Crippen molar-refractivity contribution in [3.63, 3.8) is 0 Å². The highest BCUT2D eigenvalue weighted by atomic mass is 32.2. The average Bonchev–Trinajstić information content (AvgIpc) is 3.11. The van der Waals surface area contributed by atoms with Gasteiger partial charge in [-0.2, -0.15) is 0 Å². The summed E-state index contributed by atoms with van der Waals surface area (Å²) in [4.78, 5) is 31.8. The van der Waals surface area contributed by atoms with Crippen LogP contribution >= 0.6 is 24.0 Å². The summed E-state index contributed by atoms with van der Waals surface area (Å²) in [5.74, 6) is -0.0564. The molecule has 4 rings (SSSR count). The average molecular weight is 464 g/mol. The van der Waals surface area contributed by atoms with Crippen LogP contribution in [0.5, 0.6) is 0 Å². The van der Waals surface area contributed by atoms with Crippen LogP contribution in [0.4, 0.5) is 5.69 Å². The summed E-state index contributed by atoms with van der Waals surface area (Å²) >= 11 is 6.68. The SMILES string of the molecule is O=C(CCN1C(=O)C(=CC=Cc2ccccc2)SC1=S)N1CCN(c2ccccc2)CC1. The normalized spacial score (nSPS) is 18.2. The maximum absolute atomic E-state index is 12.7. The Hall–Kier alpha value is -2.90. The number of hydrogen-bond acceptors (Lipinski definition) is 5. The number of nitrogens with zero attached hydrogens (tertiary/aromatic N) is 3. The molecule has 2 fully saturated rings. The second kappa shape index (κ2) is 10.6. The first kappa shape index (κ1) is 22.3.